The van der Waals surface area contributed by atoms with Crippen LogP contribution in [0.4, 0.5) is 0 Å². The third-order valence-corrected chi connectivity index (χ3v) is 11.8. The summed E-state index contributed by atoms with van der Waals surface area (Å²) in [6.07, 6.45) is 2.55. The lowest BCUT2D eigenvalue weighted by Gasteiger charge is -2.63. The number of carbonyl (C=O) groups is 5. The zero-order valence-electron chi connectivity index (χ0n) is 27.6. The summed E-state index contributed by atoms with van der Waals surface area (Å²) in [5.74, 6) is -5.20. The Morgan fingerprint density at radius 2 is 1.74 bits per heavy atom. The number of fused-ring (bicyclic) bond motifs is 4. The normalized spacial score (nSPS) is 39.1. The molecule has 1 aromatic rings. The van der Waals surface area contributed by atoms with Gasteiger partial charge >= 0.3 is 23.9 Å². The van der Waals surface area contributed by atoms with E-state index in [1.807, 2.05) is 13.8 Å². The van der Waals surface area contributed by atoms with Gasteiger partial charge < -0.3 is 28.5 Å². The Balaban J connectivity index is 1.66. The highest BCUT2D eigenvalue weighted by atomic mass is 16.6. The lowest BCUT2D eigenvalue weighted by Crippen LogP contribution is -2.77. The van der Waals surface area contributed by atoms with E-state index < -0.39 is 87.1 Å². The van der Waals surface area contributed by atoms with Gasteiger partial charge in [-0.15, -0.1) is 0 Å². The van der Waals surface area contributed by atoms with Crippen molar-refractivity contribution in [2.24, 2.45) is 34.0 Å². The van der Waals surface area contributed by atoms with Crippen molar-refractivity contribution in [2.45, 2.75) is 97.6 Å². The van der Waals surface area contributed by atoms with Gasteiger partial charge in [-0.2, -0.15) is 0 Å². The second kappa shape index (κ2) is 10.1. The smallest absolute Gasteiger partial charge is 0.331 e. The monoisotopic (exact) mass is 638 g/mol. The first-order chi connectivity index (χ1) is 21.4. The molecule has 2 saturated carbocycles. The molecule has 5 aliphatic rings. The average Bonchev–Trinajstić information content (AvgIpc) is 3.64. The number of ether oxygens (including phenoxy) is 4. The molecule has 8 atom stereocenters. The highest BCUT2D eigenvalue weighted by molar-refractivity contribution is 6.12. The van der Waals surface area contributed by atoms with E-state index in [2.05, 4.69) is 0 Å². The van der Waals surface area contributed by atoms with E-state index in [9.17, 15) is 24.3 Å². The quantitative estimate of drug-likeness (QED) is 0.335. The molecule has 2 heterocycles. The van der Waals surface area contributed by atoms with Crippen LogP contribution in [0.5, 0.6) is 0 Å². The van der Waals surface area contributed by atoms with Gasteiger partial charge in [-0.1, -0.05) is 48.5 Å². The summed E-state index contributed by atoms with van der Waals surface area (Å²) < 4.78 is 28.7. The molecule has 0 aromatic carbocycles. The topological polar surface area (TPSA) is 156 Å². The third-order valence-electron chi connectivity index (χ3n) is 11.8. The minimum Gasteiger partial charge on any atom is -0.472 e. The first kappa shape index (κ1) is 32.2. The second-order valence-corrected chi connectivity index (χ2v) is 14.9. The van der Waals surface area contributed by atoms with Crippen molar-refractivity contribution in [3.8, 4) is 0 Å². The molecular formula is C35H42O11. The number of esters is 4. The number of cyclic esters (lactones) is 1. The molecule has 248 valence electrons. The molecule has 1 aliphatic heterocycles. The molecule has 11 heteroatoms. The molecule has 0 radical (unpaired) electrons. The van der Waals surface area contributed by atoms with Gasteiger partial charge in [-0.25, -0.2) is 4.79 Å². The van der Waals surface area contributed by atoms with Crippen molar-refractivity contribution >= 4 is 29.7 Å². The van der Waals surface area contributed by atoms with Gasteiger partial charge in [0.1, 0.15) is 12.2 Å². The largest absolute Gasteiger partial charge is 0.472 e. The Morgan fingerprint density at radius 3 is 2.33 bits per heavy atom. The van der Waals surface area contributed by atoms with Gasteiger partial charge in [0.2, 0.25) is 11.4 Å². The molecule has 0 saturated heterocycles. The van der Waals surface area contributed by atoms with Gasteiger partial charge in [-0.3, -0.25) is 19.2 Å². The summed E-state index contributed by atoms with van der Waals surface area (Å²) in [7, 11) is 1.27. The Hall–Kier alpha value is -3.73. The Kier molecular flexibility index (Phi) is 7.10. The van der Waals surface area contributed by atoms with Gasteiger partial charge in [0.15, 0.2) is 5.60 Å². The molecule has 6 rings (SSSR count). The second-order valence-electron chi connectivity index (χ2n) is 14.9. The molecule has 0 amide bonds. The summed E-state index contributed by atoms with van der Waals surface area (Å²) >= 11 is 0. The number of furan rings is 1. The van der Waals surface area contributed by atoms with Crippen LogP contribution in [0.1, 0.15) is 85.8 Å². The minimum absolute atomic E-state index is 0.0400. The van der Waals surface area contributed by atoms with Gasteiger partial charge in [0, 0.05) is 46.3 Å². The van der Waals surface area contributed by atoms with Crippen LogP contribution in [0, 0.1) is 34.0 Å². The van der Waals surface area contributed by atoms with Crippen molar-refractivity contribution in [1.29, 1.82) is 0 Å². The van der Waals surface area contributed by atoms with Crippen LogP contribution in [0.15, 0.2) is 45.8 Å². The van der Waals surface area contributed by atoms with E-state index in [4.69, 9.17) is 23.4 Å². The molecule has 11 nitrogen and oxygen atoms in total. The van der Waals surface area contributed by atoms with Crippen LogP contribution in [0.2, 0.25) is 0 Å². The van der Waals surface area contributed by atoms with E-state index >= 15 is 4.79 Å². The molecule has 4 aliphatic carbocycles. The number of carbonyl (C=O) groups excluding carboxylic acids is 5. The Morgan fingerprint density at radius 1 is 1.07 bits per heavy atom. The molecule has 46 heavy (non-hydrogen) atoms. The lowest BCUT2D eigenvalue weighted by atomic mass is 9.43. The molecule has 1 unspecified atom stereocenters. The van der Waals surface area contributed by atoms with Crippen molar-refractivity contribution in [3.05, 3.63) is 47.0 Å². The van der Waals surface area contributed by atoms with Gasteiger partial charge in [0.25, 0.3) is 0 Å². The number of rotatable bonds is 7. The Labute approximate surface area is 267 Å². The summed E-state index contributed by atoms with van der Waals surface area (Å²) in [6, 6.07) is 1.70. The molecule has 1 N–H and O–H groups in total. The minimum atomic E-state index is -2.54. The Bertz CT molecular complexity index is 1600. The van der Waals surface area contributed by atoms with E-state index in [0.717, 1.165) is 0 Å². The zero-order valence-corrected chi connectivity index (χ0v) is 27.6. The van der Waals surface area contributed by atoms with Crippen molar-refractivity contribution in [3.63, 3.8) is 0 Å². The van der Waals surface area contributed by atoms with Crippen LogP contribution >= 0.6 is 0 Å². The fraction of sp³-hybridized carbons (Fsp3) is 0.629. The molecule has 0 spiro atoms. The average molecular weight is 639 g/mol. The number of hydrogen-bond donors (Lipinski definition) is 1. The van der Waals surface area contributed by atoms with E-state index in [1.165, 1.54) is 25.7 Å². The summed E-state index contributed by atoms with van der Waals surface area (Å²) in [5, 5.41) is 13.1. The molecular weight excluding hydrogens is 596 g/mol. The standard InChI is InChI=1S/C35H42O11/c1-17(2)28(39)45-30-32(6)16-34(46-29(40)18(3)4)33(7,22(32)14-23(36)42-8)20-9-11-31(5)21(25(20)26(38)35(30,34)41)13-24(37)44-27(31)19-10-12-43-15-19/h10,12-13,15,17-18,22,27,30,41H,9,11,14,16H2,1-8H3/t22-,27+,30+,31-,32?,33+,34+,35-/m0/s1. The number of Topliss-reactive ketones (excluding diaryl/α,β-unsaturated/α-hetero) is 1. The van der Waals surface area contributed by atoms with Crippen LogP contribution in [-0.2, 0) is 42.9 Å². The fourth-order valence-electron chi connectivity index (χ4n) is 9.53. The van der Waals surface area contributed by atoms with Crippen LogP contribution in [-0.4, -0.2) is 59.2 Å². The molecule has 2 fully saturated rings. The van der Waals surface area contributed by atoms with Crippen LogP contribution in [0.3, 0.4) is 0 Å². The first-order valence-corrected chi connectivity index (χ1v) is 15.9. The van der Waals surface area contributed by atoms with Crippen molar-refractivity contribution in [1.82, 2.24) is 0 Å². The molecule has 1 aromatic heterocycles. The fourth-order valence-corrected chi connectivity index (χ4v) is 9.53. The maximum Gasteiger partial charge on any atom is 0.331 e. The summed E-state index contributed by atoms with van der Waals surface area (Å²) in [6.45, 7) is 12.1. The first-order valence-electron chi connectivity index (χ1n) is 15.9. The summed E-state index contributed by atoms with van der Waals surface area (Å²) in [4.78, 5) is 68.3. The predicted octanol–water partition coefficient (Wildman–Crippen LogP) is 4.33. The van der Waals surface area contributed by atoms with Crippen LogP contribution < -0.4 is 0 Å². The lowest BCUT2D eigenvalue weighted by molar-refractivity contribution is -0.260. The van der Waals surface area contributed by atoms with E-state index in [1.54, 1.807) is 40.7 Å². The van der Waals surface area contributed by atoms with E-state index in [0.29, 0.717) is 29.6 Å². The van der Waals surface area contributed by atoms with Gasteiger partial charge in [-0.05, 0) is 36.0 Å². The van der Waals surface area contributed by atoms with Crippen LogP contribution in [0.25, 0.3) is 0 Å². The van der Waals surface area contributed by atoms with Crippen molar-refractivity contribution < 1.29 is 52.4 Å². The number of ketones is 1. The molecule has 2 bridgehead atoms. The third kappa shape index (κ3) is 3.77. The van der Waals surface area contributed by atoms with E-state index in [-0.39, 0.29) is 18.4 Å². The predicted molar refractivity (Wildman–Crippen MR) is 159 cm³/mol. The number of aliphatic hydroxyl groups is 1. The summed E-state index contributed by atoms with van der Waals surface area (Å²) in [5.41, 5.74) is -6.10. The number of hydrogen-bond acceptors (Lipinski definition) is 11. The SMILES string of the molecule is COC(=O)C[C@H]1C2(C)C[C@@]3(OC(=O)C(C)C)[C@]1(C)C1=C(C(=O)[C@]3(O)[C@@H]2OC(=O)C(C)C)C2=CC(=O)O[C@H](c3ccoc3)[C@@]2(C)CC1. The van der Waals surface area contributed by atoms with Gasteiger partial charge in [0.05, 0.1) is 31.5 Å². The number of methoxy groups -OCH3 is 1. The zero-order chi connectivity index (χ0) is 33.8. The maximum absolute atomic E-state index is 15.2. The highest BCUT2D eigenvalue weighted by Crippen LogP contribution is 2.80. The maximum atomic E-state index is 15.2. The van der Waals surface area contributed by atoms with Crippen molar-refractivity contribution in [2.75, 3.05) is 7.11 Å². The highest BCUT2D eigenvalue weighted by Gasteiger charge is 2.91.